The average molecular weight is 326 g/mol. The molecule has 2 rings (SSSR count). The molecule has 2 aromatic heterocycles. The summed E-state index contributed by atoms with van der Waals surface area (Å²) < 4.78 is 30.7. The zero-order valence-corrected chi connectivity index (χ0v) is 12.5. The van der Waals surface area contributed by atoms with Crippen LogP contribution >= 0.6 is 0 Å². The van der Waals surface area contributed by atoms with Crippen LogP contribution < -0.4 is 10.9 Å². The fourth-order valence-electron chi connectivity index (χ4n) is 2.05. The number of carbonyl (C=O) groups is 1. The van der Waals surface area contributed by atoms with Crippen LogP contribution in [0.15, 0.2) is 23.1 Å². The number of alkyl halides is 2. The second-order valence-corrected chi connectivity index (χ2v) is 4.71. The van der Waals surface area contributed by atoms with E-state index in [1.165, 1.54) is 17.9 Å². The van der Waals surface area contributed by atoms with Crippen LogP contribution in [0, 0.1) is 0 Å². The van der Waals surface area contributed by atoms with Gasteiger partial charge in [0.15, 0.2) is 11.3 Å². The van der Waals surface area contributed by atoms with Gasteiger partial charge < -0.3 is 10.1 Å². The quantitative estimate of drug-likeness (QED) is 0.762. The zero-order chi connectivity index (χ0) is 16.8. The molecule has 0 aromatic carbocycles. The van der Waals surface area contributed by atoms with Gasteiger partial charge in [-0.1, -0.05) is 0 Å². The second kappa shape index (κ2) is 7.73. The summed E-state index contributed by atoms with van der Waals surface area (Å²) in [6.45, 7) is -0.136. The SMILES string of the molecule is COCCCn1c(=O)c(C(=O)NCC(F)F)nc2cccnc21. The highest BCUT2D eigenvalue weighted by molar-refractivity contribution is 5.93. The average Bonchev–Trinajstić information content (AvgIpc) is 2.54. The molecule has 0 aliphatic carbocycles. The van der Waals surface area contributed by atoms with Crippen molar-refractivity contribution in [3.05, 3.63) is 34.4 Å². The maximum absolute atomic E-state index is 12.4. The van der Waals surface area contributed by atoms with Gasteiger partial charge in [-0.25, -0.2) is 18.7 Å². The molecule has 0 aliphatic heterocycles. The van der Waals surface area contributed by atoms with Crippen molar-refractivity contribution in [2.75, 3.05) is 20.3 Å². The number of aromatic nitrogens is 3. The molecular weight excluding hydrogens is 310 g/mol. The van der Waals surface area contributed by atoms with E-state index in [-0.39, 0.29) is 6.54 Å². The predicted molar refractivity (Wildman–Crippen MR) is 78.6 cm³/mol. The first-order valence-electron chi connectivity index (χ1n) is 6.95. The van der Waals surface area contributed by atoms with E-state index in [2.05, 4.69) is 9.97 Å². The number of ether oxygens (including phenoxy) is 1. The molecule has 0 bridgehead atoms. The van der Waals surface area contributed by atoms with Crippen molar-refractivity contribution in [3.8, 4) is 0 Å². The van der Waals surface area contributed by atoms with E-state index < -0.39 is 30.1 Å². The molecule has 0 radical (unpaired) electrons. The molecule has 1 amide bonds. The number of methoxy groups -OCH3 is 1. The predicted octanol–water partition coefficient (Wildman–Crippen LogP) is 0.823. The lowest BCUT2D eigenvalue weighted by atomic mass is 10.3. The molecular formula is C14H16F2N4O3. The summed E-state index contributed by atoms with van der Waals surface area (Å²) >= 11 is 0. The van der Waals surface area contributed by atoms with Gasteiger partial charge in [0.2, 0.25) is 0 Å². The molecule has 0 unspecified atom stereocenters. The number of halogens is 2. The molecule has 0 aliphatic rings. The highest BCUT2D eigenvalue weighted by Crippen LogP contribution is 2.07. The van der Waals surface area contributed by atoms with Crippen molar-refractivity contribution in [3.63, 3.8) is 0 Å². The van der Waals surface area contributed by atoms with Gasteiger partial charge in [0.25, 0.3) is 17.9 Å². The Kier molecular flexibility index (Phi) is 5.69. The van der Waals surface area contributed by atoms with Crippen LogP contribution in [-0.4, -0.2) is 47.1 Å². The number of amides is 1. The molecule has 2 heterocycles. The minimum Gasteiger partial charge on any atom is -0.385 e. The number of aryl methyl sites for hydroxylation is 1. The number of carbonyl (C=O) groups excluding carboxylic acids is 1. The number of hydrogen-bond acceptors (Lipinski definition) is 5. The van der Waals surface area contributed by atoms with Crippen LogP contribution in [0.5, 0.6) is 0 Å². The third-order valence-corrected chi connectivity index (χ3v) is 3.06. The lowest BCUT2D eigenvalue weighted by Gasteiger charge is -2.11. The Morgan fingerprint density at radius 1 is 1.48 bits per heavy atom. The summed E-state index contributed by atoms with van der Waals surface area (Å²) in [6, 6.07) is 3.21. The summed E-state index contributed by atoms with van der Waals surface area (Å²) in [4.78, 5) is 32.4. The number of nitrogens with zero attached hydrogens (tertiary/aromatic N) is 3. The monoisotopic (exact) mass is 326 g/mol. The van der Waals surface area contributed by atoms with Gasteiger partial charge in [0, 0.05) is 26.5 Å². The van der Waals surface area contributed by atoms with Crippen molar-refractivity contribution in [2.45, 2.75) is 19.4 Å². The Balaban J connectivity index is 2.43. The van der Waals surface area contributed by atoms with E-state index in [4.69, 9.17) is 4.74 Å². The molecule has 7 nitrogen and oxygen atoms in total. The Bertz CT molecular complexity index is 748. The van der Waals surface area contributed by atoms with Crippen molar-refractivity contribution in [2.24, 2.45) is 0 Å². The van der Waals surface area contributed by atoms with E-state index in [1.807, 2.05) is 5.32 Å². The summed E-state index contributed by atoms with van der Waals surface area (Å²) in [6.07, 6.45) is -0.665. The number of nitrogens with one attached hydrogen (secondary N) is 1. The van der Waals surface area contributed by atoms with E-state index in [0.717, 1.165) is 0 Å². The Hall–Kier alpha value is -2.42. The molecule has 23 heavy (non-hydrogen) atoms. The highest BCUT2D eigenvalue weighted by atomic mass is 19.3. The van der Waals surface area contributed by atoms with Crippen LogP contribution in [0.3, 0.4) is 0 Å². The van der Waals surface area contributed by atoms with Gasteiger partial charge in [0.05, 0.1) is 6.54 Å². The molecule has 0 atom stereocenters. The van der Waals surface area contributed by atoms with Gasteiger partial charge in [-0.05, 0) is 18.6 Å². The lowest BCUT2D eigenvalue weighted by molar-refractivity contribution is 0.0885. The fourth-order valence-corrected chi connectivity index (χ4v) is 2.05. The summed E-state index contributed by atoms with van der Waals surface area (Å²) in [5, 5.41) is 1.99. The van der Waals surface area contributed by atoms with Crippen LogP contribution in [0.25, 0.3) is 11.2 Å². The third kappa shape index (κ3) is 4.07. The van der Waals surface area contributed by atoms with Gasteiger partial charge in [-0.15, -0.1) is 0 Å². The topological polar surface area (TPSA) is 86.1 Å². The number of fused-ring (bicyclic) bond motifs is 1. The van der Waals surface area contributed by atoms with Crippen molar-refractivity contribution >= 4 is 17.1 Å². The molecule has 0 saturated heterocycles. The van der Waals surface area contributed by atoms with E-state index in [0.29, 0.717) is 24.2 Å². The van der Waals surface area contributed by atoms with E-state index in [1.54, 1.807) is 12.1 Å². The Morgan fingerprint density at radius 3 is 2.96 bits per heavy atom. The second-order valence-electron chi connectivity index (χ2n) is 4.71. The molecule has 0 saturated carbocycles. The Morgan fingerprint density at radius 2 is 2.26 bits per heavy atom. The van der Waals surface area contributed by atoms with Crippen molar-refractivity contribution < 1.29 is 18.3 Å². The smallest absolute Gasteiger partial charge is 0.283 e. The molecule has 9 heteroatoms. The molecule has 0 fully saturated rings. The van der Waals surface area contributed by atoms with E-state index >= 15 is 0 Å². The minimum absolute atomic E-state index is 0.276. The van der Waals surface area contributed by atoms with Gasteiger partial charge in [0.1, 0.15) is 5.52 Å². The van der Waals surface area contributed by atoms with Crippen LogP contribution in [0.1, 0.15) is 16.9 Å². The van der Waals surface area contributed by atoms with Crippen LogP contribution in [0.2, 0.25) is 0 Å². The standard InChI is InChI=1S/C14H16F2N4O3/c1-23-7-3-6-20-12-9(4-2-5-17-12)19-11(14(20)22)13(21)18-8-10(15)16/h2,4-5,10H,3,6-8H2,1H3,(H,18,21). The van der Waals surface area contributed by atoms with E-state index in [9.17, 15) is 18.4 Å². The Labute approximate surface area is 130 Å². The first-order valence-corrected chi connectivity index (χ1v) is 6.95. The van der Waals surface area contributed by atoms with Gasteiger partial charge in [-0.3, -0.25) is 14.2 Å². The largest absolute Gasteiger partial charge is 0.385 e. The number of pyridine rings is 1. The van der Waals surface area contributed by atoms with Crippen LogP contribution in [0.4, 0.5) is 8.78 Å². The normalized spacial score (nSPS) is 11.1. The first-order chi connectivity index (χ1) is 11.0. The lowest BCUT2D eigenvalue weighted by Crippen LogP contribution is -2.37. The molecule has 0 spiro atoms. The zero-order valence-electron chi connectivity index (χ0n) is 12.5. The van der Waals surface area contributed by atoms with Gasteiger partial charge in [-0.2, -0.15) is 0 Å². The van der Waals surface area contributed by atoms with Crippen molar-refractivity contribution in [1.29, 1.82) is 0 Å². The highest BCUT2D eigenvalue weighted by Gasteiger charge is 2.18. The summed E-state index contributed by atoms with van der Waals surface area (Å²) in [5.74, 6) is -0.929. The molecule has 1 N–H and O–H groups in total. The first kappa shape index (κ1) is 16.9. The van der Waals surface area contributed by atoms with Crippen molar-refractivity contribution in [1.82, 2.24) is 19.9 Å². The number of hydrogen-bond donors (Lipinski definition) is 1. The maximum atomic E-state index is 12.4. The van der Waals surface area contributed by atoms with Gasteiger partial charge >= 0.3 is 0 Å². The minimum atomic E-state index is -2.70. The third-order valence-electron chi connectivity index (χ3n) is 3.06. The summed E-state index contributed by atoms with van der Waals surface area (Å²) in [5.41, 5.74) is -0.423. The fraction of sp³-hybridized carbons (Fsp3) is 0.429. The summed E-state index contributed by atoms with van der Waals surface area (Å²) in [7, 11) is 1.54. The van der Waals surface area contributed by atoms with Crippen LogP contribution in [-0.2, 0) is 11.3 Å². The molecule has 124 valence electrons. The number of rotatable bonds is 7. The maximum Gasteiger partial charge on any atom is 0.283 e. The molecule has 2 aromatic rings.